The first kappa shape index (κ1) is 14.8. The maximum Gasteiger partial charge on any atom is 0.326 e. The van der Waals surface area contributed by atoms with E-state index in [1.54, 1.807) is 19.1 Å². The van der Waals surface area contributed by atoms with Gasteiger partial charge in [-0.3, -0.25) is 4.79 Å². The minimum atomic E-state index is -1.06. The first-order chi connectivity index (χ1) is 9.99. The third-order valence-corrected chi connectivity index (χ3v) is 3.19. The van der Waals surface area contributed by atoms with Crippen LogP contribution in [0.1, 0.15) is 23.7 Å². The van der Waals surface area contributed by atoms with Crippen LogP contribution in [0.3, 0.4) is 0 Å². The predicted molar refractivity (Wildman–Crippen MR) is 82.3 cm³/mol. The summed E-state index contributed by atoms with van der Waals surface area (Å²) in [6.45, 7) is 5.43. The second kappa shape index (κ2) is 6.22. The molecule has 2 N–H and O–H groups in total. The molecular formula is C17H17NO3. The summed E-state index contributed by atoms with van der Waals surface area (Å²) >= 11 is 0. The minimum absolute atomic E-state index is 0.214. The zero-order valence-corrected chi connectivity index (χ0v) is 11.8. The molecule has 0 unspecified atom stereocenters. The number of amides is 1. The van der Waals surface area contributed by atoms with Crippen molar-refractivity contribution in [3.63, 3.8) is 0 Å². The number of hydrogen-bond acceptors (Lipinski definition) is 2. The number of aliphatic carboxylic acids is 1. The van der Waals surface area contributed by atoms with Crippen molar-refractivity contribution < 1.29 is 14.7 Å². The van der Waals surface area contributed by atoms with Crippen LogP contribution < -0.4 is 5.32 Å². The van der Waals surface area contributed by atoms with Gasteiger partial charge in [-0.25, -0.2) is 4.79 Å². The van der Waals surface area contributed by atoms with Gasteiger partial charge in [-0.1, -0.05) is 42.0 Å². The quantitative estimate of drug-likeness (QED) is 0.829. The molecule has 0 aromatic heterocycles. The Morgan fingerprint density at radius 3 is 2.52 bits per heavy atom. The van der Waals surface area contributed by atoms with Crippen molar-refractivity contribution in [2.75, 3.05) is 0 Å². The van der Waals surface area contributed by atoms with Gasteiger partial charge in [0.05, 0.1) is 0 Å². The third kappa shape index (κ3) is 3.48. The number of nitrogens with one attached hydrogen (secondary N) is 1. The average Bonchev–Trinajstić information content (AvgIpc) is 2.45. The van der Waals surface area contributed by atoms with Crippen molar-refractivity contribution in [3.05, 3.63) is 60.2 Å². The first-order valence-corrected chi connectivity index (χ1v) is 6.65. The van der Waals surface area contributed by atoms with Crippen LogP contribution in [0.15, 0.2) is 54.6 Å². The van der Waals surface area contributed by atoms with E-state index in [0.29, 0.717) is 11.1 Å². The molecule has 21 heavy (non-hydrogen) atoms. The fraction of sp³-hybridized carbons (Fsp3) is 0.176. The van der Waals surface area contributed by atoms with E-state index >= 15 is 0 Å². The van der Waals surface area contributed by atoms with E-state index in [2.05, 4.69) is 11.9 Å². The predicted octanol–water partition coefficient (Wildman–Crippen LogP) is 2.99. The number of carbonyl (C=O) groups is 2. The van der Waals surface area contributed by atoms with E-state index in [-0.39, 0.29) is 12.3 Å². The lowest BCUT2D eigenvalue weighted by molar-refractivity contribution is -0.139. The van der Waals surface area contributed by atoms with Gasteiger partial charge in [-0.15, -0.1) is 6.58 Å². The molecule has 0 aliphatic heterocycles. The van der Waals surface area contributed by atoms with Gasteiger partial charge in [0, 0.05) is 5.56 Å². The lowest BCUT2D eigenvalue weighted by atomic mass is 10.0. The van der Waals surface area contributed by atoms with Crippen molar-refractivity contribution in [3.8, 4) is 0 Å². The summed E-state index contributed by atoms with van der Waals surface area (Å²) in [7, 11) is 0. The van der Waals surface area contributed by atoms with Gasteiger partial charge >= 0.3 is 5.97 Å². The van der Waals surface area contributed by atoms with Crippen LogP contribution in [0.2, 0.25) is 0 Å². The Morgan fingerprint density at radius 1 is 1.19 bits per heavy atom. The number of fused-ring (bicyclic) bond motifs is 1. The molecule has 0 radical (unpaired) electrons. The topological polar surface area (TPSA) is 66.4 Å². The first-order valence-electron chi connectivity index (χ1n) is 6.65. The summed E-state index contributed by atoms with van der Waals surface area (Å²) < 4.78 is 0. The SMILES string of the molecule is C=C(C)C[C@H](NC(=O)c1cccc2ccccc12)C(=O)O. The summed E-state index contributed by atoms with van der Waals surface area (Å²) in [4.78, 5) is 23.6. The van der Waals surface area contributed by atoms with Gasteiger partial charge in [-0.05, 0) is 30.2 Å². The normalized spacial score (nSPS) is 11.9. The Labute approximate surface area is 123 Å². The van der Waals surface area contributed by atoms with Crippen molar-refractivity contribution >= 4 is 22.6 Å². The summed E-state index contributed by atoms with van der Waals surface area (Å²) in [5.74, 6) is -1.45. The maximum atomic E-state index is 12.4. The van der Waals surface area contributed by atoms with Crippen LogP contribution in [0.5, 0.6) is 0 Å². The van der Waals surface area contributed by atoms with Crippen LogP contribution in [0, 0.1) is 0 Å². The maximum absolute atomic E-state index is 12.4. The Kier molecular flexibility index (Phi) is 4.38. The van der Waals surface area contributed by atoms with Crippen molar-refractivity contribution in [1.29, 1.82) is 0 Å². The highest BCUT2D eigenvalue weighted by Crippen LogP contribution is 2.18. The molecular weight excluding hydrogens is 266 g/mol. The fourth-order valence-corrected chi connectivity index (χ4v) is 2.21. The summed E-state index contributed by atoms with van der Waals surface area (Å²) in [5.41, 5.74) is 1.18. The summed E-state index contributed by atoms with van der Waals surface area (Å²) in [5, 5.41) is 13.5. The number of carboxylic acids is 1. The van der Waals surface area contributed by atoms with E-state index in [1.165, 1.54) is 0 Å². The van der Waals surface area contributed by atoms with Crippen LogP contribution in [0.4, 0.5) is 0 Å². The molecule has 2 aromatic carbocycles. The van der Waals surface area contributed by atoms with Crippen LogP contribution in [-0.2, 0) is 4.79 Å². The van der Waals surface area contributed by atoms with Crippen LogP contribution >= 0.6 is 0 Å². The van der Waals surface area contributed by atoms with Gasteiger partial charge in [0.1, 0.15) is 6.04 Å². The van der Waals surface area contributed by atoms with Gasteiger partial charge in [0.25, 0.3) is 5.91 Å². The molecule has 0 aliphatic rings. The number of benzene rings is 2. The number of carbonyl (C=O) groups excluding carboxylic acids is 1. The van der Waals surface area contributed by atoms with E-state index in [1.807, 2.05) is 30.3 Å². The molecule has 0 saturated heterocycles. The smallest absolute Gasteiger partial charge is 0.326 e. The molecule has 0 spiro atoms. The molecule has 0 bridgehead atoms. The Bertz CT molecular complexity index is 701. The fourth-order valence-electron chi connectivity index (χ4n) is 2.21. The molecule has 108 valence electrons. The molecule has 4 heteroatoms. The molecule has 4 nitrogen and oxygen atoms in total. The highest BCUT2D eigenvalue weighted by molar-refractivity contribution is 6.07. The van der Waals surface area contributed by atoms with Crippen molar-refractivity contribution in [2.45, 2.75) is 19.4 Å². The number of hydrogen-bond donors (Lipinski definition) is 2. The van der Waals surface area contributed by atoms with Crippen LogP contribution in [-0.4, -0.2) is 23.0 Å². The lowest BCUT2D eigenvalue weighted by Gasteiger charge is -2.15. The van der Waals surface area contributed by atoms with Crippen molar-refractivity contribution in [2.24, 2.45) is 0 Å². The molecule has 2 rings (SSSR count). The summed E-state index contributed by atoms with van der Waals surface area (Å²) in [6.07, 6.45) is 0.214. The number of carboxylic acid groups (broad SMARTS) is 1. The van der Waals surface area contributed by atoms with Crippen molar-refractivity contribution in [1.82, 2.24) is 5.32 Å². The third-order valence-electron chi connectivity index (χ3n) is 3.19. The zero-order valence-electron chi connectivity index (χ0n) is 11.8. The summed E-state index contributed by atoms with van der Waals surface area (Å²) in [6, 6.07) is 11.9. The Balaban J connectivity index is 2.29. The second-order valence-electron chi connectivity index (χ2n) is 5.05. The Morgan fingerprint density at radius 2 is 1.86 bits per heavy atom. The minimum Gasteiger partial charge on any atom is -0.480 e. The average molecular weight is 283 g/mol. The molecule has 1 atom stereocenters. The Hall–Kier alpha value is -2.62. The standard InChI is InChI=1S/C17H17NO3/c1-11(2)10-15(17(20)21)18-16(19)14-9-5-7-12-6-3-4-8-13(12)14/h3-9,15H,1,10H2,2H3,(H,18,19)(H,20,21)/t15-/m0/s1. The second-order valence-corrected chi connectivity index (χ2v) is 5.05. The zero-order chi connectivity index (χ0) is 15.4. The molecule has 0 aliphatic carbocycles. The van der Waals surface area contributed by atoms with E-state index in [4.69, 9.17) is 0 Å². The van der Waals surface area contributed by atoms with Crippen LogP contribution in [0.25, 0.3) is 10.8 Å². The molecule has 0 heterocycles. The van der Waals surface area contributed by atoms with Gasteiger partial charge < -0.3 is 10.4 Å². The highest BCUT2D eigenvalue weighted by atomic mass is 16.4. The van der Waals surface area contributed by atoms with E-state index in [9.17, 15) is 14.7 Å². The van der Waals surface area contributed by atoms with Gasteiger partial charge in [-0.2, -0.15) is 0 Å². The highest BCUT2D eigenvalue weighted by Gasteiger charge is 2.21. The molecule has 2 aromatic rings. The van der Waals surface area contributed by atoms with Gasteiger partial charge in [0.15, 0.2) is 0 Å². The largest absolute Gasteiger partial charge is 0.480 e. The molecule has 0 fully saturated rings. The molecule has 1 amide bonds. The number of rotatable bonds is 5. The van der Waals surface area contributed by atoms with E-state index < -0.39 is 12.0 Å². The van der Waals surface area contributed by atoms with E-state index in [0.717, 1.165) is 10.8 Å². The van der Waals surface area contributed by atoms with Gasteiger partial charge in [0.2, 0.25) is 0 Å². The lowest BCUT2D eigenvalue weighted by Crippen LogP contribution is -2.40. The molecule has 0 saturated carbocycles. The monoisotopic (exact) mass is 283 g/mol.